The van der Waals surface area contributed by atoms with Crippen LogP contribution >= 0.6 is 0 Å². The molecule has 2 unspecified atom stereocenters. The third-order valence-corrected chi connectivity index (χ3v) is 6.35. The number of carbonyl (C=O) groups excluding carboxylic acids is 1. The number of hydrogen-bond acceptors (Lipinski definition) is 7. The van der Waals surface area contributed by atoms with Crippen molar-refractivity contribution in [1.29, 1.82) is 0 Å². The second kappa shape index (κ2) is 7.74. The molecule has 0 aromatic carbocycles. The minimum Gasteiger partial charge on any atom is -0.481 e. The van der Waals surface area contributed by atoms with Gasteiger partial charge in [0.2, 0.25) is 11.9 Å². The van der Waals surface area contributed by atoms with Crippen LogP contribution in [0.3, 0.4) is 0 Å². The molecular weight excluding hydrogens is 381 g/mol. The lowest BCUT2D eigenvalue weighted by atomic mass is 9.77. The minimum absolute atomic E-state index is 0.00767. The molecule has 158 valence electrons. The van der Waals surface area contributed by atoms with Gasteiger partial charge in [-0.25, -0.2) is 9.37 Å². The Kier molecular flexibility index (Phi) is 5.28. The molecule has 0 aliphatic carbocycles. The molecule has 0 radical (unpaired) electrons. The van der Waals surface area contributed by atoms with E-state index in [-0.39, 0.29) is 29.5 Å². The maximum Gasteiger partial charge on any atom is 0.303 e. The Morgan fingerprint density at radius 2 is 2.03 bits per heavy atom. The van der Waals surface area contributed by atoms with Crippen molar-refractivity contribution in [3.8, 4) is 0 Å². The molecule has 3 aliphatic heterocycles. The first-order valence-electron chi connectivity index (χ1n) is 9.95. The Bertz CT molecular complexity index is 803. The summed E-state index contributed by atoms with van der Waals surface area (Å²) >= 11 is 0. The van der Waals surface area contributed by atoms with Crippen LogP contribution in [0.1, 0.15) is 19.8 Å². The smallest absolute Gasteiger partial charge is 0.303 e. The fourth-order valence-electron chi connectivity index (χ4n) is 4.78. The predicted octanol–water partition coefficient (Wildman–Crippen LogP) is 0.602. The van der Waals surface area contributed by atoms with Gasteiger partial charge in [0.1, 0.15) is 0 Å². The second-order valence-electron chi connectivity index (χ2n) is 8.17. The average molecular weight is 407 g/mol. The zero-order valence-electron chi connectivity index (χ0n) is 16.5. The fourth-order valence-corrected chi connectivity index (χ4v) is 4.78. The highest BCUT2D eigenvalue weighted by Gasteiger charge is 2.53. The highest BCUT2D eigenvalue weighted by molar-refractivity contribution is 5.74. The van der Waals surface area contributed by atoms with E-state index in [9.17, 15) is 19.1 Å². The molecule has 4 heterocycles. The predicted molar refractivity (Wildman–Crippen MR) is 102 cm³/mol. The average Bonchev–Trinajstić information content (AvgIpc) is 3.22. The van der Waals surface area contributed by atoms with Crippen molar-refractivity contribution in [2.45, 2.75) is 19.8 Å². The van der Waals surface area contributed by atoms with Gasteiger partial charge in [-0.2, -0.15) is 4.98 Å². The molecular formula is C19H26FN5O4. The number of carbonyl (C=O) groups is 2. The van der Waals surface area contributed by atoms with Gasteiger partial charge in [0.15, 0.2) is 11.6 Å². The number of aliphatic carboxylic acids is 1. The summed E-state index contributed by atoms with van der Waals surface area (Å²) in [6.45, 7) is 6.07. The van der Waals surface area contributed by atoms with Crippen LogP contribution in [0.5, 0.6) is 0 Å². The number of halogens is 1. The molecule has 0 saturated carbocycles. The van der Waals surface area contributed by atoms with Crippen molar-refractivity contribution in [3.63, 3.8) is 0 Å². The first kappa shape index (κ1) is 19.8. The van der Waals surface area contributed by atoms with Crippen LogP contribution in [0, 0.1) is 17.2 Å². The summed E-state index contributed by atoms with van der Waals surface area (Å²) in [6, 6.07) is 0. The number of aromatic nitrogens is 2. The Hall–Kier alpha value is -2.49. The summed E-state index contributed by atoms with van der Waals surface area (Å²) in [5, 5.41) is 9.18. The van der Waals surface area contributed by atoms with Gasteiger partial charge >= 0.3 is 5.97 Å². The van der Waals surface area contributed by atoms with E-state index in [1.165, 1.54) is 6.20 Å². The molecule has 1 N–H and O–H groups in total. The Morgan fingerprint density at radius 1 is 1.28 bits per heavy atom. The van der Waals surface area contributed by atoms with Gasteiger partial charge in [0.25, 0.3) is 0 Å². The molecule has 4 rings (SSSR count). The number of ether oxygens (including phenoxy) is 1. The first-order chi connectivity index (χ1) is 13.9. The van der Waals surface area contributed by atoms with E-state index in [0.717, 1.165) is 0 Å². The highest BCUT2D eigenvalue weighted by Crippen LogP contribution is 2.46. The molecule has 1 aromatic heterocycles. The summed E-state index contributed by atoms with van der Waals surface area (Å²) in [7, 11) is 0. The van der Waals surface area contributed by atoms with Crippen LogP contribution in [0.15, 0.2) is 6.20 Å². The Morgan fingerprint density at radius 3 is 2.72 bits per heavy atom. The summed E-state index contributed by atoms with van der Waals surface area (Å²) < 4.78 is 19.7. The van der Waals surface area contributed by atoms with Gasteiger partial charge in [-0.1, -0.05) is 0 Å². The van der Waals surface area contributed by atoms with Crippen molar-refractivity contribution < 1.29 is 23.8 Å². The summed E-state index contributed by atoms with van der Waals surface area (Å²) in [4.78, 5) is 37.4. The third-order valence-electron chi connectivity index (χ3n) is 6.35. The molecule has 9 nitrogen and oxygen atoms in total. The largest absolute Gasteiger partial charge is 0.481 e. The Balaban J connectivity index is 1.56. The third kappa shape index (κ3) is 3.85. The lowest BCUT2D eigenvalue weighted by Crippen LogP contribution is -2.38. The topological polar surface area (TPSA) is 99.1 Å². The minimum atomic E-state index is -0.842. The van der Waals surface area contributed by atoms with Crippen LogP contribution in [-0.4, -0.2) is 84.3 Å². The number of carboxylic acids is 1. The Labute approximate surface area is 168 Å². The van der Waals surface area contributed by atoms with Crippen molar-refractivity contribution in [2.24, 2.45) is 11.3 Å². The number of morpholine rings is 1. The zero-order chi connectivity index (χ0) is 20.6. The van der Waals surface area contributed by atoms with E-state index >= 15 is 0 Å². The lowest BCUT2D eigenvalue weighted by Gasteiger charge is -2.30. The molecule has 29 heavy (non-hydrogen) atoms. The lowest BCUT2D eigenvalue weighted by molar-refractivity contribution is -0.137. The van der Waals surface area contributed by atoms with E-state index in [4.69, 9.17) is 4.74 Å². The number of likely N-dealkylation sites (tertiary alicyclic amines) is 1. The number of nitrogens with zero attached hydrogens (tertiary/aromatic N) is 5. The number of hydrogen-bond donors (Lipinski definition) is 1. The van der Waals surface area contributed by atoms with E-state index in [2.05, 4.69) is 9.97 Å². The molecule has 2 atom stereocenters. The quantitative estimate of drug-likeness (QED) is 0.758. The molecule has 3 saturated heterocycles. The number of fused-ring (bicyclic) bond motifs is 1. The highest BCUT2D eigenvalue weighted by atomic mass is 19.1. The SMILES string of the molecule is CC(=O)N1CC2CN(c3ncc(F)c(N4CCOCC4)n3)CC2(CCC(=O)O)C1. The van der Waals surface area contributed by atoms with Gasteiger partial charge in [-0.05, 0) is 6.42 Å². The summed E-state index contributed by atoms with van der Waals surface area (Å²) in [5.41, 5.74) is -0.305. The monoisotopic (exact) mass is 407 g/mol. The molecule has 1 amide bonds. The van der Waals surface area contributed by atoms with Crippen molar-refractivity contribution in [1.82, 2.24) is 14.9 Å². The first-order valence-corrected chi connectivity index (χ1v) is 9.95. The molecule has 3 aliphatic rings. The van der Waals surface area contributed by atoms with Gasteiger partial charge in [0.05, 0.1) is 19.4 Å². The molecule has 1 aromatic rings. The van der Waals surface area contributed by atoms with Crippen LogP contribution in [0.4, 0.5) is 16.2 Å². The molecule has 3 fully saturated rings. The van der Waals surface area contributed by atoms with Crippen molar-refractivity contribution >= 4 is 23.6 Å². The van der Waals surface area contributed by atoms with Crippen LogP contribution in [-0.2, 0) is 14.3 Å². The standard InChI is InChI=1S/C19H26FN5O4/c1-13(26)24-9-14-10-25(12-19(14,11-24)3-2-16(27)28)18-21-8-15(20)17(22-18)23-4-6-29-7-5-23/h8,14H,2-7,9-12H2,1H3,(H,27,28). The molecule has 0 bridgehead atoms. The maximum absolute atomic E-state index is 14.4. The summed E-state index contributed by atoms with van der Waals surface area (Å²) in [5.74, 6) is -0.421. The number of amides is 1. The van der Waals surface area contributed by atoms with Gasteiger partial charge in [-0.3, -0.25) is 9.59 Å². The van der Waals surface area contributed by atoms with E-state index in [1.807, 2.05) is 9.80 Å². The van der Waals surface area contributed by atoms with E-state index < -0.39 is 11.8 Å². The second-order valence-corrected chi connectivity index (χ2v) is 8.17. The fraction of sp³-hybridized carbons (Fsp3) is 0.684. The van der Waals surface area contributed by atoms with Crippen molar-refractivity contribution in [2.75, 3.05) is 62.3 Å². The van der Waals surface area contributed by atoms with Gasteiger partial charge in [0, 0.05) is 63.9 Å². The zero-order valence-corrected chi connectivity index (χ0v) is 16.5. The molecule has 0 spiro atoms. The maximum atomic E-state index is 14.4. The van der Waals surface area contributed by atoms with Gasteiger partial charge in [-0.15, -0.1) is 0 Å². The van der Waals surface area contributed by atoms with Crippen LogP contribution in [0.25, 0.3) is 0 Å². The normalized spacial score (nSPS) is 26.7. The van der Waals surface area contributed by atoms with E-state index in [1.54, 1.807) is 11.8 Å². The van der Waals surface area contributed by atoms with Gasteiger partial charge < -0.3 is 24.5 Å². The summed E-state index contributed by atoms with van der Waals surface area (Å²) in [6.07, 6.45) is 1.75. The number of rotatable bonds is 5. The van der Waals surface area contributed by atoms with Crippen LogP contribution in [0.2, 0.25) is 0 Å². The molecule has 10 heteroatoms. The number of anilines is 2. The van der Waals surface area contributed by atoms with Crippen LogP contribution < -0.4 is 9.80 Å². The van der Waals surface area contributed by atoms with E-state index in [0.29, 0.717) is 64.9 Å². The van der Waals surface area contributed by atoms with Crippen molar-refractivity contribution in [3.05, 3.63) is 12.0 Å². The number of carboxylic acid groups (broad SMARTS) is 1.